The smallest absolute Gasteiger partial charge is 0.873 e. The van der Waals surface area contributed by atoms with E-state index in [2.05, 4.69) is 91.1 Å². The van der Waals surface area contributed by atoms with E-state index in [1.807, 2.05) is 6.07 Å². The van der Waals surface area contributed by atoms with Crippen LogP contribution in [0.4, 0.5) is 11.4 Å². The molecule has 0 aromatic heterocycles. The summed E-state index contributed by atoms with van der Waals surface area (Å²) in [7, 11) is 0. The Morgan fingerprint density at radius 3 is 1.43 bits per heavy atom. The maximum Gasteiger partial charge on any atom is 2.00 e. The Bertz CT molecular complexity index is 1440. The van der Waals surface area contributed by atoms with Crippen LogP contribution in [0.2, 0.25) is 0 Å². The van der Waals surface area contributed by atoms with Gasteiger partial charge in [0.15, 0.2) is 0 Å². The summed E-state index contributed by atoms with van der Waals surface area (Å²) in [6.45, 7) is 15.5. The molecule has 0 spiro atoms. The largest absolute Gasteiger partial charge is 2.00 e. The number of nitrogens with zero attached hydrogens (tertiary/aromatic N) is 2. The molecular weight excluding hydrogens is 707 g/mol. The summed E-state index contributed by atoms with van der Waals surface area (Å²) in [6, 6.07) is 17.3. The van der Waals surface area contributed by atoms with Crippen molar-refractivity contribution in [1.29, 1.82) is 0 Å². The van der Waals surface area contributed by atoms with Gasteiger partial charge in [0.1, 0.15) is 0 Å². The van der Waals surface area contributed by atoms with Crippen molar-refractivity contribution in [3.05, 3.63) is 81.9 Å². The molecule has 0 bridgehead atoms. The molecule has 0 unspecified atom stereocenters. The van der Waals surface area contributed by atoms with Crippen LogP contribution in [0.3, 0.4) is 0 Å². The fourth-order valence-electron chi connectivity index (χ4n) is 6.70. The van der Waals surface area contributed by atoms with Gasteiger partial charge < -0.3 is 10.2 Å². The van der Waals surface area contributed by atoms with Crippen LogP contribution in [-0.4, -0.2) is 11.9 Å². The standard InChI is InChI=1S/C36H56N2.C13H20O2.Ni/c1-6-11-16-17-22-34(38-36-27-32(20-14-9-4)24-33(28-36)21-15-10-5)29-37-35-25-30(18-12-7-2)23-31(26-35)19-13-8-3;1-3-5-7-11-10(6-4-2)8-9-12(14)13(11)15;/h23-29H,6-22H2,1-5H3;8-9,14-15H,3-7H2,1-2H3;/q;;+2/p-2. The quantitative estimate of drug-likeness (QED) is 0.0488. The van der Waals surface area contributed by atoms with Crippen molar-refractivity contribution in [3.63, 3.8) is 0 Å². The molecule has 3 rings (SSSR count). The van der Waals surface area contributed by atoms with Crippen LogP contribution >= 0.6 is 0 Å². The molecule has 54 heavy (non-hydrogen) atoms. The molecule has 0 heterocycles. The third-order valence-electron chi connectivity index (χ3n) is 9.89. The van der Waals surface area contributed by atoms with E-state index in [9.17, 15) is 10.2 Å². The zero-order valence-corrected chi connectivity index (χ0v) is 36.3. The zero-order chi connectivity index (χ0) is 38.7. The minimum absolute atomic E-state index is 0. The molecule has 0 aliphatic carbocycles. The summed E-state index contributed by atoms with van der Waals surface area (Å²) in [5.41, 5.74) is 10.9. The van der Waals surface area contributed by atoms with E-state index in [1.165, 1.54) is 105 Å². The molecular formula is C49H74N2NiO2. The fourth-order valence-corrected chi connectivity index (χ4v) is 6.70. The SMILES string of the molecule is CCCCCCC(C=Nc1cc(CCCC)cc(CCCC)c1)=Nc1cc(CCCC)cc(CCCC)c1.CCCCc1c(CCC)ccc([O-])c1[O-].[Ni+2]. The average molecular weight is 782 g/mol. The second kappa shape index (κ2) is 30.3. The Labute approximate surface area is 341 Å². The zero-order valence-electron chi connectivity index (χ0n) is 35.3. The van der Waals surface area contributed by atoms with Crippen LogP contribution in [0.15, 0.2) is 58.5 Å². The van der Waals surface area contributed by atoms with Crippen LogP contribution in [0, 0.1) is 0 Å². The number of hydrogen-bond acceptors (Lipinski definition) is 4. The first-order valence-corrected chi connectivity index (χ1v) is 21.7. The molecule has 0 amide bonds. The Kier molecular flexibility index (Phi) is 27.6. The van der Waals surface area contributed by atoms with Gasteiger partial charge in [0.25, 0.3) is 0 Å². The Balaban J connectivity index is 0.000000762. The van der Waals surface area contributed by atoms with Gasteiger partial charge in [-0.05, 0) is 136 Å². The second-order valence-electron chi connectivity index (χ2n) is 15.0. The van der Waals surface area contributed by atoms with Crippen molar-refractivity contribution in [1.82, 2.24) is 0 Å². The predicted octanol–water partition coefficient (Wildman–Crippen LogP) is 13.6. The Hall–Kier alpha value is -2.91. The molecule has 0 saturated heterocycles. The van der Waals surface area contributed by atoms with E-state index in [0.29, 0.717) is 0 Å². The van der Waals surface area contributed by atoms with E-state index in [-0.39, 0.29) is 28.0 Å². The molecule has 5 heteroatoms. The first kappa shape index (κ1) is 49.1. The number of aliphatic imine (C=N–C) groups is 2. The van der Waals surface area contributed by atoms with E-state index in [4.69, 9.17) is 9.98 Å². The molecule has 0 fully saturated rings. The van der Waals surface area contributed by atoms with Gasteiger partial charge in [-0.2, -0.15) is 0 Å². The summed E-state index contributed by atoms with van der Waals surface area (Å²) in [4.78, 5) is 10.2. The van der Waals surface area contributed by atoms with Gasteiger partial charge in [-0.1, -0.05) is 136 Å². The summed E-state index contributed by atoms with van der Waals surface area (Å²) in [5, 5.41) is 22.9. The monoisotopic (exact) mass is 781 g/mol. The van der Waals surface area contributed by atoms with Crippen LogP contribution < -0.4 is 10.2 Å². The van der Waals surface area contributed by atoms with E-state index in [1.54, 1.807) is 0 Å². The molecule has 4 nitrogen and oxygen atoms in total. The third kappa shape index (κ3) is 19.6. The normalized spacial score (nSPS) is 11.4. The van der Waals surface area contributed by atoms with Crippen molar-refractivity contribution in [2.45, 2.75) is 190 Å². The number of aryl methyl sites for hydroxylation is 5. The van der Waals surface area contributed by atoms with Crippen LogP contribution in [-0.2, 0) is 55.0 Å². The number of rotatable bonds is 25. The molecule has 3 aromatic rings. The predicted molar refractivity (Wildman–Crippen MR) is 229 cm³/mol. The van der Waals surface area contributed by atoms with Gasteiger partial charge in [0.2, 0.25) is 0 Å². The molecule has 0 saturated carbocycles. The second-order valence-corrected chi connectivity index (χ2v) is 15.0. The molecule has 302 valence electrons. The molecule has 3 aromatic carbocycles. The van der Waals surface area contributed by atoms with Crippen molar-refractivity contribution in [3.8, 4) is 11.5 Å². The summed E-state index contributed by atoms with van der Waals surface area (Å²) in [5.74, 6) is -0.643. The topological polar surface area (TPSA) is 70.8 Å². The van der Waals surface area contributed by atoms with Gasteiger partial charge in [0, 0.05) is 6.21 Å². The Morgan fingerprint density at radius 1 is 0.500 bits per heavy atom. The van der Waals surface area contributed by atoms with Crippen molar-refractivity contribution in [2.24, 2.45) is 9.98 Å². The van der Waals surface area contributed by atoms with Crippen LogP contribution in [0.1, 0.15) is 185 Å². The Morgan fingerprint density at radius 2 is 0.963 bits per heavy atom. The van der Waals surface area contributed by atoms with Crippen LogP contribution in [0.5, 0.6) is 11.5 Å². The minimum Gasteiger partial charge on any atom is -0.873 e. The maximum atomic E-state index is 11.7. The third-order valence-corrected chi connectivity index (χ3v) is 9.89. The number of benzene rings is 3. The average Bonchev–Trinajstić information content (AvgIpc) is 3.16. The van der Waals surface area contributed by atoms with Crippen LogP contribution in [0.25, 0.3) is 0 Å². The fraction of sp³-hybridized carbons (Fsp3) is 0.592. The van der Waals surface area contributed by atoms with E-state index in [0.717, 1.165) is 92.4 Å². The molecule has 0 atom stereocenters. The van der Waals surface area contributed by atoms with E-state index >= 15 is 0 Å². The van der Waals surface area contributed by atoms with Gasteiger partial charge >= 0.3 is 16.5 Å². The van der Waals surface area contributed by atoms with Gasteiger partial charge in [0.05, 0.1) is 17.1 Å². The number of hydrogen-bond donors (Lipinski definition) is 0. The molecule has 0 N–H and O–H groups in total. The molecule has 0 aliphatic heterocycles. The van der Waals surface area contributed by atoms with E-state index < -0.39 is 0 Å². The van der Waals surface area contributed by atoms with Crippen molar-refractivity contribution >= 4 is 23.3 Å². The van der Waals surface area contributed by atoms with Crippen molar-refractivity contribution in [2.75, 3.05) is 0 Å². The molecule has 0 aliphatic rings. The first-order valence-electron chi connectivity index (χ1n) is 21.7. The summed E-state index contributed by atoms with van der Waals surface area (Å²) < 4.78 is 0. The summed E-state index contributed by atoms with van der Waals surface area (Å²) in [6.07, 6.45) is 27.1. The first-order chi connectivity index (χ1) is 25.8. The number of unbranched alkanes of at least 4 members (excludes halogenated alkanes) is 8. The van der Waals surface area contributed by atoms with Gasteiger partial charge in [-0.25, -0.2) is 0 Å². The minimum atomic E-state index is -0.360. The van der Waals surface area contributed by atoms with Crippen molar-refractivity contribution < 1.29 is 26.7 Å². The van der Waals surface area contributed by atoms with Gasteiger partial charge in [-0.3, -0.25) is 9.98 Å². The molecule has 0 radical (unpaired) electrons. The summed E-state index contributed by atoms with van der Waals surface area (Å²) >= 11 is 0. The van der Waals surface area contributed by atoms with Gasteiger partial charge in [-0.15, -0.1) is 11.5 Å². The maximum absolute atomic E-state index is 11.7.